The van der Waals surface area contributed by atoms with Gasteiger partial charge in [0.25, 0.3) is 23.6 Å². The molecule has 2 aliphatic rings. The number of unbranched alkanes of at least 4 members (excludes halogenated alkanes) is 6. The average Bonchev–Trinajstić information content (AvgIpc) is 3.90. The van der Waals surface area contributed by atoms with Gasteiger partial charge in [-0.2, -0.15) is 0 Å². The molecule has 0 radical (unpaired) electrons. The van der Waals surface area contributed by atoms with Crippen LogP contribution in [0.1, 0.15) is 119 Å². The molecule has 2 aliphatic heterocycles. The summed E-state index contributed by atoms with van der Waals surface area (Å²) in [4.78, 5) is 59.0. The van der Waals surface area contributed by atoms with Crippen LogP contribution in [-0.2, 0) is 26.2 Å². The van der Waals surface area contributed by atoms with Crippen molar-refractivity contribution >= 4 is 66.7 Å². The first kappa shape index (κ1) is 37.7. The lowest BCUT2D eigenvalue weighted by Gasteiger charge is -2.30. The second kappa shape index (κ2) is 15.8. The molecule has 7 aromatic rings. The van der Waals surface area contributed by atoms with Gasteiger partial charge >= 0.3 is 0 Å². The zero-order valence-electron chi connectivity index (χ0n) is 33.7. The number of hydrogen-bond donors (Lipinski definition) is 0. The Labute approximate surface area is 338 Å². The van der Waals surface area contributed by atoms with Gasteiger partial charge in [0.2, 0.25) is 12.7 Å². The number of fused-ring (bicyclic) bond motifs is 2. The van der Waals surface area contributed by atoms with Gasteiger partial charge in [-0.15, -0.1) is 0 Å². The summed E-state index contributed by atoms with van der Waals surface area (Å²) in [5.74, 6) is -1.09. The molecule has 5 aromatic carbocycles. The van der Waals surface area contributed by atoms with Crippen molar-refractivity contribution in [1.29, 1.82) is 0 Å². The van der Waals surface area contributed by atoms with Crippen molar-refractivity contribution in [3.63, 3.8) is 0 Å². The highest BCUT2D eigenvalue weighted by atomic mass is 16.2. The Morgan fingerprint density at radius 1 is 0.414 bits per heavy atom. The molecule has 4 heterocycles. The van der Waals surface area contributed by atoms with Crippen LogP contribution < -0.4 is 9.13 Å². The molecule has 10 heteroatoms. The van der Waals surface area contributed by atoms with E-state index in [0.29, 0.717) is 72.0 Å². The number of imide groups is 2. The summed E-state index contributed by atoms with van der Waals surface area (Å²) >= 11 is 0. The van der Waals surface area contributed by atoms with Crippen LogP contribution in [0.2, 0.25) is 0 Å². The number of aromatic nitrogens is 4. The fourth-order valence-corrected chi connectivity index (χ4v) is 9.45. The predicted molar refractivity (Wildman–Crippen MR) is 225 cm³/mol. The van der Waals surface area contributed by atoms with Crippen molar-refractivity contribution in [3.8, 4) is 0 Å². The largest absolute Gasteiger partial charge is 0.274 e. The SMILES string of the molecule is CCCCCCn1cc[n+](CCCN2C(=O)c3ccc4c5ccc6c7c(ccc(c8ccc(c3c48)C2=O)c75)C(=O)N(CCC[n+]2ccn(CCCCCC)c2)C6=O)c1. The normalized spacial score (nSPS) is 14.2. The van der Waals surface area contributed by atoms with Gasteiger partial charge in [0.15, 0.2) is 0 Å². The molecule has 296 valence electrons. The first-order chi connectivity index (χ1) is 28.4. The third-order valence-electron chi connectivity index (χ3n) is 12.4. The van der Waals surface area contributed by atoms with Crippen LogP contribution in [0.25, 0.3) is 43.1 Å². The van der Waals surface area contributed by atoms with Gasteiger partial charge in [0.05, 0.1) is 26.2 Å². The van der Waals surface area contributed by atoms with E-state index >= 15 is 0 Å². The van der Waals surface area contributed by atoms with Gasteiger partial charge in [-0.05, 0) is 82.3 Å². The molecule has 0 saturated heterocycles. The summed E-state index contributed by atoms with van der Waals surface area (Å²) in [5, 5.41) is 6.67. The van der Waals surface area contributed by atoms with E-state index < -0.39 is 0 Å². The highest BCUT2D eigenvalue weighted by Gasteiger charge is 2.36. The number of benzene rings is 5. The van der Waals surface area contributed by atoms with Crippen molar-refractivity contribution in [2.24, 2.45) is 0 Å². The van der Waals surface area contributed by atoms with Crippen LogP contribution in [0.4, 0.5) is 0 Å². The number of carbonyl (C=O) groups is 4. The fourth-order valence-electron chi connectivity index (χ4n) is 9.45. The molecule has 58 heavy (non-hydrogen) atoms. The molecule has 2 aromatic heterocycles. The third kappa shape index (κ3) is 6.52. The Hall–Kier alpha value is -5.90. The molecular formula is C48H52N6O4+2. The Morgan fingerprint density at radius 2 is 0.776 bits per heavy atom. The van der Waals surface area contributed by atoms with E-state index in [0.717, 1.165) is 58.2 Å². The second-order valence-corrected chi connectivity index (χ2v) is 16.3. The van der Waals surface area contributed by atoms with E-state index in [1.54, 1.807) is 0 Å². The van der Waals surface area contributed by atoms with Gasteiger partial charge in [-0.1, -0.05) is 63.8 Å². The molecule has 0 unspecified atom stereocenters. The molecule has 0 spiro atoms. The number of imidazole rings is 2. The van der Waals surface area contributed by atoms with Crippen molar-refractivity contribution in [1.82, 2.24) is 18.9 Å². The molecular weight excluding hydrogens is 725 g/mol. The number of carbonyl (C=O) groups excluding carboxylic acids is 4. The summed E-state index contributed by atoms with van der Waals surface area (Å²) in [6, 6.07) is 15.3. The van der Waals surface area contributed by atoms with E-state index in [1.807, 2.05) is 48.5 Å². The number of nitrogens with zero attached hydrogens (tertiary/aromatic N) is 6. The highest BCUT2D eigenvalue weighted by Crippen LogP contribution is 2.46. The predicted octanol–water partition coefficient (Wildman–Crippen LogP) is 8.45. The molecule has 0 N–H and O–H groups in total. The van der Waals surface area contributed by atoms with Crippen molar-refractivity contribution in [2.75, 3.05) is 13.1 Å². The minimum Gasteiger partial charge on any atom is -0.274 e. The highest BCUT2D eigenvalue weighted by molar-refractivity contribution is 6.41. The van der Waals surface area contributed by atoms with Crippen molar-refractivity contribution < 1.29 is 28.3 Å². The molecule has 0 aliphatic carbocycles. The summed E-state index contributed by atoms with van der Waals surface area (Å²) in [5.41, 5.74) is 2.10. The molecule has 0 atom stereocenters. The molecule has 4 amide bonds. The summed E-state index contributed by atoms with van der Waals surface area (Å²) in [6.07, 6.45) is 23.5. The van der Waals surface area contributed by atoms with Gasteiger partial charge in [-0.25, -0.2) is 18.3 Å². The summed E-state index contributed by atoms with van der Waals surface area (Å²) in [7, 11) is 0. The minimum atomic E-state index is -0.273. The van der Waals surface area contributed by atoms with E-state index in [1.165, 1.54) is 48.3 Å². The number of aryl methyl sites for hydroxylation is 4. The lowest BCUT2D eigenvalue weighted by molar-refractivity contribution is -0.696. The van der Waals surface area contributed by atoms with Crippen molar-refractivity contribution in [2.45, 2.75) is 104 Å². The molecule has 0 fully saturated rings. The van der Waals surface area contributed by atoms with Crippen LogP contribution >= 0.6 is 0 Å². The lowest BCUT2D eigenvalue weighted by Crippen LogP contribution is -2.42. The van der Waals surface area contributed by atoms with Crippen LogP contribution in [0.3, 0.4) is 0 Å². The van der Waals surface area contributed by atoms with E-state index in [9.17, 15) is 19.2 Å². The lowest BCUT2D eigenvalue weighted by atomic mass is 9.82. The zero-order chi connectivity index (χ0) is 39.9. The number of rotatable bonds is 18. The van der Waals surface area contributed by atoms with Crippen LogP contribution in [0.15, 0.2) is 86.0 Å². The first-order valence-corrected chi connectivity index (χ1v) is 21.4. The van der Waals surface area contributed by atoms with E-state index in [-0.39, 0.29) is 23.6 Å². The average molecular weight is 777 g/mol. The van der Waals surface area contributed by atoms with Gasteiger partial charge in [0, 0.05) is 59.0 Å². The first-order valence-electron chi connectivity index (χ1n) is 21.4. The summed E-state index contributed by atoms with van der Waals surface area (Å²) in [6.45, 7) is 8.49. The summed E-state index contributed by atoms with van der Waals surface area (Å²) < 4.78 is 8.66. The Morgan fingerprint density at radius 3 is 1.12 bits per heavy atom. The van der Waals surface area contributed by atoms with Crippen LogP contribution in [-0.4, -0.2) is 55.7 Å². The maximum atomic E-state index is 14.1. The molecule has 0 saturated carbocycles. The molecule has 10 nitrogen and oxygen atoms in total. The molecule has 0 bridgehead atoms. The fraction of sp³-hybridized carbons (Fsp3) is 0.375. The van der Waals surface area contributed by atoms with Gasteiger partial charge in [0.1, 0.15) is 24.8 Å². The van der Waals surface area contributed by atoms with Gasteiger partial charge < -0.3 is 0 Å². The smallest absolute Gasteiger partial charge is 0.261 e. The van der Waals surface area contributed by atoms with Crippen molar-refractivity contribution in [3.05, 3.63) is 108 Å². The van der Waals surface area contributed by atoms with Gasteiger partial charge in [-0.3, -0.25) is 29.0 Å². The van der Waals surface area contributed by atoms with E-state index in [4.69, 9.17) is 0 Å². The monoisotopic (exact) mass is 776 g/mol. The van der Waals surface area contributed by atoms with Crippen LogP contribution in [0, 0.1) is 0 Å². The zero-order valence-corrected chi connectivity index (χ0v) is 33.7. The Bertz CT molecular complexity index is 2420. The maximum absolute atomic E-state index is 14.1. The minimum absolute atomic E-state index is 0.273. The Kier molecular flexibility index (Phi) is 10.3. The standard InChI is InChI=1S/C48H52N6O4/c1-3-5-7-9-21-49-27-29-51(31-49)23-11-25-53-45(55)37-17-13-33-35-15-19-39-44-40(20-16-36(42(35)44)34-14-18-38(46(53)56)43(37)41(33)34)48(58)54(47(39)57)26-12-24-52-30-28-50(32-52)22-10-8-6-4-2/h13-20,27-32H,3-12,21-26H2,1-2H3/q+2. The Balaban J connectivity index is 0.956. The third-order valence-corrected chi connectivity index (χ3v) is 12.4. The quantitative estimate of drug-likeness (QED) is 0.0288. The van der Waals surface area contributed by atoms with Crippen LogP contribution in [0.5, 0.6) is 0 Å². The number of hydrogen-bond acceptors (Lipinski definition) is 4. The topological polar surface area (TPSA) is 92.4 Å². The van der Waals surface area contributed by atoms with E-state index in [2.05, 4.69) is 69.6 Å². The molecule has 9 rings (SSSR count). The number of amides is 4. The second-order valence-electron chi connectivity index (χ2n) is 16.3. The maximum Gasteiger partial charge on any atom is 0.261 e.